The number of nitrogens with zero attached hydrogens (tertiary/aromatic N) is 3. The van der Waals surface area contributed by atoms with E-state index in [9.17, 15) is 10.1 Å². The number of rotatable bonds is 5. The molecule has 0 spiro atoms. The van der Waals surface area contributed by atoms with Crippen molar-refractivity contribution in [3.8, 4) is 11.5 Å². The van der Waals surface area contributed by atoms with Gasteiger partial charge in [0.2, 0.25) is 0 Å². The van der Waals surface area contributed by atoms with Gasteiger partial charge in [0.1, 0.15) is 5.56 Å². The van der Waals surface area contributed by atoms with E-state index in [-0.39, 0.29) is 22.2 Å². The molecule has 20 heavy (non-hydrogen) atoms. The fourth-order valence-corrected chi connectivity index (χ4v) is 2.08. The van der Waals surface area contributed by atoms with Crippen molar-refractivity contribution in [1.82, 2.24) is 15.5 Å². The van der Waals surface area contributed by atoms with Crippen molar-refractivity contribution in [3.05, 3.63) is 39.2 Å². The van der Waals surface area contributed by atoms with Crippen molar-refractivity contribution in [3.63, 3.8) is 0 Å². The molecule has 0 atom stereocenters. The molecule has 0 unspecified atom stereocenters. The molecule has 1 aliphatic rings. The summed E-state index contributed by atoms with van der Waals surface area (Å²) in [6.45, 7) is 0.479. The normalized spacial score (nSPS) is 14.4. The topological polar surface area (TPSA) is 94.1 Å². The number of nitrogens with one attached hydrogen (secondary N) is 1. The Balaban J connectivity index is 1.90. The van der Waals surface area contributed by atoms with Gasteiger partial charge in [-0.05, 0) is 18.9 Å². The minimum absolute atomic E-state index is 0.0647. The summed E-state index contributed by atoms with van der Waals surface area (Å²) in [5.41, 5.74) is 0.00666. The van der Waals surface area contributed by atoms with Gasteiger partial charge in [0.25, 0.3) is 11.6 Å². The van der Waals surface area contributed by atoms with Gasteiger partial charge in [-0.1, -0.05) is 22.8 Å². The summed E-state index contributed by atoms with van der Waals surface area (Å²) in [4.78, 5) is 14.7. The van der Waals surface area contributed by atoms with Crippen LogP contribution in [0.1, 0.15) is 18.7 Å². The maximum absolute atomic E-state index is 11.0. The maximum Gasteiger partial charge on any atom is 0.283 e. The first-order valence-corrected chi connectivity index (χ1v) is 6.52. The van der Waals surface area contributed by atoms with Gasteiger partial charge >= 0.3 is 0 Å². The molecule has 0 bridgehead atoms. The Morgan fingerprint density at radius 3 is 3.00 bits per heavy atom. The number of halogens is 1. The first-order chi connectivity index (χ1) is 9.65. The summed E-state index contributed by atoms with van der Waals surface area (Å²) < 4.78 is 5.09. The highest BCUT2D eigenvalue weighted by atomic mass is 35.5. The zero-order valence-electron chi connectivity index (χ0n) is 10.4. The minimum atomic E-state index is -0.520. The van der Waals surface area contributed by atoms with Gasteiger partial charge in [-0.25, -0.2) is 0 Å². The maximum atomic E-state index is 11.0. The Morgan fingerprint density at radius 2 is 2.30 bits per heavy atom. The summed E-state index contributed by atoms with van der Waals surface area (Å²) in [6.07, 6.45) is 2.31. The molecular formula is C12H11ClN4O3. The molecule has 3 rings (SSSR count). The second-order valence-electron chi connectivity index (χ2n) is 4.56. The van der Waals surface area contributed by atoms with E-state index in [1.807, 2.05) is 0 Å². The molecule has 7 nitrogen and oxygen atoms in total. The molecule has 0 radical (unpaired) electrons. The Morgan fingerprint density at radius 1 is 1.50 bits per heavy atom. The van der Waals surface area contributed by atoms with Crippen LogP contribution in [0.3, 0.4) is 0 Å². The van der Waals surface area contributed by atoms with Crippen LogP contribution in [0, 0.1) is 10.1 Å². The van der Waals surface area contributed by atoms with Crippen molar-refractivity contribution >= 4 is 17.3 Å². The average molecular weight is 295 g/mol. The van der Waals surface area contributed by atoms with E-state index in [2.05, 4.69) is 15.5 Å². The van der Waals surface area contributed by atoms with Crippen molar-refractivity contribution in [2.24, 2.45) is 0 Å². The van der Waals surface area contributed by atoms with Crippen molar-refractivity contribution < 1.29 is 9.45 Å². The van der Waals surface area contributed by atoms with E-state index in [1.54, 1.807) is 6.07 Å². The molecule has 1 aliphatic carbocycles. The van der Waals surface area contributed by atoms with E-state index < -0.39 is 4.92 Å². The van der Waals surface area contributed by atoms with Crippen molar-refractivity contribution in [1.29, 1.82) is 0 Å². The number of hydrogen-bond donors (Lipinski definition) is 1. The number of hydrogen-bond acceptors (Lipinski definition) is 6. The first-order valence-electron chi connectivity index (χ1n) is 6.14. The van der Waals surface area contributed by atoms with Crippen LogP contribution in [0.25, 0.3) is 11.5 Å². The van der Waals surface area contributed by atoms with Gasteiger partial charge in [0, 0.05) is 12.1 Å². The van der Waals surface area contributed by atoms with Crippen molar-refractivity contribution in [2.75, 3.05) is 0 Å². The van der Waals surface area contributed by atoms with Crippen LogP contribution < -0.4 is 5.32 Å². The van der Waals surface area contributed by atoms with E-state index in [4.69, 9.17) is 16.1 Å². The molecule has 1 N–H and O–H groups in total. The molecule has 0 aliphatic heterocycles. The zero-order valence-corrected chi connectivity index (χ0v) is 11.1. The summed E-state index contributed by atoms with van der Waals surface area (Å²) in [5, 5.41) is 18.3. The van der Waals surface area contributed by atoms with Crippen LogP contribution in [-0.4, -0.2) is 21.1 Å². The summed E-state index contributed by atoms with van der Waals surface area (Å²) in [7, 11) is 0. The molecule has 0 saturated heterocycles. The molecule has 1 heterocycles. The molecule has 8 heteroatoms. The van der Waals surface area contributed by atoms with Crippen molar-refractivity contribution in [2.45, 2.75) is 25.4 Å². The molecule has 104 valence electrons. The van der Waals surface area contributed by atoms with E-state index >= 15 is 0 Å². The fraction of sp³-hybridized carbons (Fsp3) is 0.333. The van der Waals surface area contributed by atoms with Crippen LogP contribution in [0.2, 0.25) is 5.02 Å². The third-order valence-electron chi connectivity index (χ3n) is 3.00. The lowest BCUT2D eigenvalue weighted by molar-refractivity contribution is -0.384. The predicted molar refractivity (Wildman–Crippen MR) is 71.3 cm³/mol. The molecular weight excluding hydrogens is 284 g/mol. The van der Waals surface area contributed by atoms with Gasteiger partial charge in [-0.2, -0.15) is 4.98 Å². The number of nitro groups is 1. The summed E-state index contributed by atoms with van der Waals surface area (Å²) in [5.74, 6) is 0.524. The second-order valence-corrected chi connectivity index (χ2v) is 4.97. The minimum Gasteiger partial charge on any atom is -0.334 e. The zero-order chi connectivity index (χ0) is 14.1. The second kappa shape index (κ2) is 5.18. The number of nitro benzene ring substituents is 1. The van der Waals surface area contributed by atoms with Gasteiger partial charge in [-0.15, -0.1) is 0 Å². The first kappa shape index (κ1) is 13.0. The highest BCUT2D eigenvalue weighted by Gasteiger charge is 2.25. The Bertz CT molecular complexity index is 654. The van der Waals surface area contributed by atoms with Crippen LogP contribution in [0.15, 0.2) is 22.7 Å². The summed E-state index contributed by atoms with van der Waals surface area (Å²) >= 11 is 6.01. The molecule has 1 aromatic heterocycles. The molecule has 1 fully saturated rings. The van der Waals surface area contributed by atoms with Crippen LogP contribution in [0.4, 0.5) is 5.69 Å². The molecule has 0 amide bonds. The lowest BCUT2D eigenvalue weighted by Gasteiger charge is -1.99. The standard InChI is InChI=1S/C12H11ClN4O3/c13-8-2-1-3-9(17(18)19)11(8)12-15-10(16-20-12)6-14-7-4-5-7/h1-3,7,14H,4-6H2. The lowest BCUT2D eigenvalue weighted by atomic mass is 10.2. The Hall–Kier alpha value is -1.99. The van der Waals surface area contributed by atoms with Gasteiger partial charge in [-0.3, -0.25) is 10.1 Å². The van der Waals surface area contributed by atoms with Crippen LogP contribution in [-0.2, 0) is 6.54 Å². The smallest absolute Gasteiger partial charge is 0.283 e. The highest BCUT2D eigenvalue weighted by Crippen LogP contribution is 2.35. The fourth-order valence-electron chi connectivity index (χ4n) is 1.83. The monoisotopic (exact) mass is 294 g/mol. The molecule has 1 saturated carbocycles. The lowest BCUT2D eigenvalue weighted by Crippen LogP contribution is -2.16. The predicted octanol–water partition coefficient (Wildman–Crippen LogP) is 2.55. The third-order valence-corrected chi connectivity index (χ3v) is 3.31. The van der Waals surface area contributed by atoms with Gasteiger partial charge in [0.15, 0.2) is 5.82 Å². The van der Waals surface area contributed by atoms with E-state index in [0.29, 0.717) is 18.4 Å². The van der Waals surface area contributed by atoms with E-state index in [0.717, 1.165) is 12.8 Å². The Labute approximate surface area is 119 Å². The van der Waals surface area contributed by atoms with Crippen LogP contribution in [0.5, 0.6) is 0 Å². The van der Waals surface area contributed by atoms with Gasteiger partial charge < -0.3 is 9.84 Å². The SMILES string of the molecule is O=[N+]([O-])c1cccc(Cl)c1-c1nc(CNC2CC2)no1. The third kappa shape index (κ3) is 2.63. The molecule has 2 aromatic rings. The average Bonchev–Trinajstić information content (AvgIpc) is 3.14. The summed E-state index contributed by atoms with van der Waals surface area (Å²) in [6, 6.07) is 4.94. The molecule has 1 aromatic carbocycles. The largest absolute Gasteiger partial charge is 0.334 e. The van der Waals surface area contributed by atoms with Gasteiger partial charge in [0.05, 0.1) is 16.5 Å². The Kier molecular flexibility index (Phi) is 3.37. The number of aromatic nitrogens is 2. The van der Waals surface area contributed by atoms with E-state index in [1.165, 1.54) is 12.1 Å². The van der Waals surface area contributed by atoms with Crippen LogP contribution >= 0.6 is 11.6 Å². The number of benzene rings is 1. The highest BCUT2D eigenvalue weighted by molar-refractivity contribution is 6.33. The quantitative estimate of drug-likeness (QED) is 0.672.